The zero-order valence-electron chi connectivity index (χ0n) is 15.6. The molecule has 1 atom stereocenters. The van der Waals surface area contributed by atoms with Gasteiger partial charge in [0.15, 0.2) is 17.7 Å². The average Bonchev–Trinajstić information content (AvgIpc) is 3.23. The number of sulfonamides is 1. The summed E-state index contributed by atoms with van der Waals surface area (Å²) in [6.07, 6.45) is 1.22. The van der Waals surface area contributed by atoms with Crippen molar-refractivity contribution >= 4 is 21.6 Å². The molecule has 1 amide bonds. The largest absolute Gasteiger partial charge is 0.478 e. The van der Waals surface area contributed by atoms with Gasteiger partial charge in [-0.25, -0.2) is 12.8 Å². The molecular formula is C20H23FN2O4S. The number of para-hydroxylation sites is 1. The Morgan fingerprint density at radius 3 is 2.39 bits per heavy atom. The minimum absolute atomic E-state index is 0.0107. The lowest BCUT2D eigenvalue weighted by molar-refractivity contribution is -0.122. The van der Waals surface area contributed by atoms with E-state index in [4.69, 9.17) is 4.74 Å². The number of carbonyl (C=O) groups excluding carboxylic acids is 1. The number of nitrogens with zero attached hydrogens (tertiary/aromatic N) is 1. The van der Waals surface area contributed by atoms with Crippen LogP contribution in [0.1, 0.15) is 26.2 Å². The quantitative estimate of drug-likeness (QED) is 0.765. The maximum atomic E-state index is 13.7. The van der Waals surface area contributed by atoms with Crippen molar-refractivity contribution in [2.75, 3.05) is 18.4 Å². The minimum atomic E-state index is -3.50. The summed E-state index contributed by atoms with van der Waals surface area (Å²) >= 11 is 0. The topological polar surface area (TPSA) is 75.7 Å². The summed E-state index contributed by atoms with van der Waals surface area (Å²) < 4.78 is 45.8. The van der Waals surface area contributed by atoms with Crippen LogP contribution in [0.15, 0.2) is 53.4 Å². The molecule has 0 radical (unpaired) electrons. The van der Waals surface area contributed by atoms with E-state index in [0.717, 1.165) is 12.8 Å². The van der Waals surface area contributed by atoms with E-state index in [2.05, 4.69) is 5.32 Å². The fourth-order valence-electron chi connectivity index (χ4n) is 3.03. The van der Waals surface area contributed by atoms with Gasteiger partial charge in [-0.3, -0.25) is 4.79 Å². The number of hydrogen-bond acceptors (Lipinski definition) is 4. The highest BCUT2D eigenvalue weighted by molar-refractivity contribution is 7.89. The van der Waals surface area contributed by atoms with Crippen LogP contribution in [-0.2, 0) is 14.8 Å². The van der Waals surface area contributed by atoms with Crippen LogP contribution in [0.5, 0.6) is 5.75 Å². The van der Waals surface area contributed by atoms with Crippen LogP contribution >= 0.6 is 0 Å². The second-order valence-corrected chi connectivity index (χ2v) is 8.51. The molecule has 1 aliphatic rings. The molecule has 1 N–H and O–H groups in total. The first-order valence-electron chi connectivity index (χ1n) is 9.24. The predicted octanol–water partition coefficient (Wildman–Crippen LogP) is 3.41. The first-order valence-corrected chi connectivity index (χ1v) is 10.7. The number of nitrogens with one attached hydrogen (secondary N) is 1. The molecule has 0 aromatic heterocycles. The van der Waals surface area contributed by atoms with E-state index in [9.17, 15) is 17.6 Å². The van der Waals surface area contributed by atoms with Gasteiger partial charge in [0.2, 0.25) is 10.0 Å². The third-order valence-electron chi connectivity index (χ3n) is 4.59. The third kappa shape index (κ3) is 4.51. The molecule has 0 saturated carbocycles. The lowest BCUT2D eigenvalue weighted by atomic mass is 10.2. The summed E-state index contributed by atoms with van der Waals surface area (Å²) in [5, 5.41) is 2.69. The van der Waals surface area contributed by atoms with Crippen LogP contribution in [0.3, 0.4) is 0 Å². The highest BCUT2D eigenvalue weighted by atomic mass is 32.2. The molecule has 0 bridgehead atoms. The van der Waals surface area contributed by atoms with Crippen LogP contribution in [0.25, 0.3) is 0 Å². The summed E-state index contributed by atoms with van der Waals surface area (Å²) in [5.74, 6) is -0.956. The van der Waals surface area contributed by atoms with Crippen molar-refractivity contribution in [1.29, 1.82) is 0 Å². The number of benzene rings is 2. The molecule has 1 fully saturated rings. The van der Waals surface area contributed by atoms with Gasteiger partial charge in [-0.1, -0.05) is 19.1 Å². The molecule has 0 aliphatic carbocycles. The molecule has 0 spiro atoms. The SMILES string of the molecule is CC[C@H](Oc1ccccc1F)C(=O)Nc1ccc(S(=O)(=O)N2CCCC2)cc1. The Kier molecular flexibility index (Phi) is 6.31. The number of carbonyl (C=O) groups is 1. The van der Waals surface area contributed by atoms with E-state index in [1.165, 1.54) is 40.7 Å². The van der Waals surface area contributed by atoms with Crippen molar-refractivity contribution in [3.05, 3.63) is 54.3 Å². The van der Waals surface area contributed by atoms with Crippen molar-refractivity contribution in [1.82, 2.24) is 4.31 Å². The summed E-state index contributed by atoms with van der Waals surface area (Å²) in [5.41, 5.74) is 0.445. The van der Waals surface area contributed by atoms with Crippen molar-refractivity contribution in [3.63, 3.8) is 0 Å². The molecule has 2 aromatic carbocycles. The van der Waals surface area contributed by atoms with Crippen molar-refractivity contribution in [2.45, 2.75) is 37.2 Å². The Hall–Kier alpha value is -2.45. The number of ether oxygens (including phenoxy) is 1. The zero-order valence-corrected chi connectivity index (χ0v) is 16.4. The van der Waals surface area contributed by atoms with E-state index in [1.54, 1.807) is 19.1 Å². The molecule has 1 saturated heterocycles. The van der Waals surface area contributed by atoms with E-state index >= 15 is 0 Å². The average molecular weight is 406 g/mol. The zero-order chi connectivity index (χ0) is 20.1. The summed E-state index contributed by atoms with van der Waals surface area (Å²) in [4.78, 5) is 12.7. The second kappa shape index (κ2) is 8.70. The molecule has 1 heterocycles. The van der Waals surface area contributed by atoms with E-state index in [0.29, 0.717) is 25.2 Å². The Morgan fingerprint density at radius 1 is 1.14 bits per heavy atom. The summed E-state index contributed by atoms with van der Waals surface area (Å²) in [7, 11) is -3.50. The van der Waals surface area contributed by atoms with Crippen LogP contribution in [0, 0.1) is 5.82 Å². The van der Waals surface area contributed by atoms with Gasteiger partial charge in [-0.05, 0) is 55.7 Å². The Labute approximate surface area is 164 Å². The van der Waals surface area contributed by atoms with E-state index in [1.807, 2.05) is 0 Å². The lowest BCUT2D eigenvalue weighted by Gasteiger charge is -2.18. The maximum absolute atomic E-state index is 13.7. The van der Waals surface area contributed by atoms with Crippen LogP contribution in [0.4, 0.5) is 10.1 Å². The standard InChI is InChI=1S/C20H23FN2O4S/c1-2-18(27-19-8-4-3-7-17(19)21)20(24)22-15-9-11-16(12-10-15)28(25,26)23-13-5-6-14-23/h3-4,7-12,18H,2,5-6,13-14H2,1H3,(H,22,24)/t18-/m0/s1. The fourth-order valence-corrected chi connectivity index (χ4v) is 4.54. The molecular weight excluding hydrogens is 383 g/mol. The van der Waals surface area contributed by atoms with Gasteiger partial charge in [-0.15, -0.1) is 0 Å². The normalized spacial score (nSPS) is 15.9. The van der Waals surface area contributed by atoms with Crippen molar-refractivity contribution in [2.24, 2.45) is 0 Å². The number of amides is 1. The molecule has 6 nitrogen and oxygen atoms in total. The molecule has 28 heavy (non-hydrogen) atoms. The van der Waals surface area contributed by atoms with Gasteiger partial charge in [-0.2, -0.15) is 4.31 Å². The van der Waals surface area contributed by atoms with Gasteiger partial charge in [0.05, 0.1) is 4.90 Å². The number of halogens is 1. The molecule has 150 valence electrons. The summed E-state index contributed by atoms with van der Waals surface area (Å²) in [6, 6.07) is 11.9. The highest BCUT2D eigenvalue weighted by Gasteiger charge is 2.27. The Balaban J connectivity index is 1.67. The van der Waals surface area contributed by atoms with Gasteiger partial charge >= 0.3 is 0 Å². The minimum Gasteiger partial charge on any atom is -0.478 e. The third-order valence-corrected chi connectivity index (χ3v) is 6.51. The van der Waals surface area contributed by atoms with Crippen molar-refractivity contribution < 1.29 is 22.3 Å². The molecule has 0 unspecified atom stereocenters. The van der Waals surface area contributed by atoms with Gasteiger partial charge in [0.1, 0.15) is 0 Å². The first kappa shape index (κ1) is 20.3. The number of anilines is 1. The second-order valence-electron chi connectivity index (χ2n) is 6.57. The fraction of sp³-hybridized carbons (Fsp3) is 0.350. The monoisotopic (exact) mass is 406 g/mol. The smallest absolute Gasteiger partial charge is 0.265 e. The van der Waals surface area contributed by atoms with Crippen LogP contribution in [0.2, 0.25) is 0 Å². The van der Waals surface area contributed by atoms with Crippen molar-refractivity contribution in [3.8, 4) is 5.75 Å². The predicted molar refractivity (Wildman–Crippen MR) is 104 cm³/mol. The van der Waals surface area contributed by atoms with Crippen LogP contribution < -0.4 is 10.1 Å². The van der Waals surface area contributed by atoms with Crippen LogP contribution in [-0.4, -0.2) is 37.8 Å². The van der Waals surface area contributed by atoms with E-state index in [-0.39, 0.29) is 10.6 Å². The number of hydrogen-bond donors (Lipinski definition) is 1. The molecule has 3 rings (SSSR count). The molecule has 1 aliphatic heterocycles. The Morgan fingerprint density at radius 2 is 1.79 bits per heavy atom. The van der Waals surface area contributed by atoms with E-state index < -0.39 is 27.9 Å². The Bertz CT molecular complexity index is 925. The molecule has 2 aromatic rings. The lowest BCUT2D eigenvalue weighted by Crippen LogP contribution is -2.32. The van der Waals surface area contributed by atoms with Gasteiger partial charge in [0, 0.05) is 18.8 Å². The first-order chi connectivity index (χ1) is 13.4. The number of rotatable bonds is 7. The van der Waals surface area contributed by atoms with Gasteiger partial charge in [0.25, 0.3) is 5.91 Å². The summed E-state index contributed by atoms with van der Waals surface area (Å²) in [6.45, 7) is 2.83. The molecule has 8 heteroatoms. The van der Waals surface area contributed by atoms with Gasteiger partial charge < -0.3 is 10.1 Å². The highest BCUT2D eigenvalue weighted by Crippen LogP contribution is 2.23. The maximum Gasteiger partial charge on any atom is 0.265 e.